The van der Waals surface area contributed by atoms with E-state index < -0.39 is 0 Å². The maximum absolute atomic E-state index is 12.6. The van der Waals surface area contributed by atoms with Crippen molar-refractivity contribution in [2.24, 2.45) is 0 Å². The summed E-state index contributed by atoms with van der Waals surface area (Å²) < 4.78 is 1.91. The number of carbonyl (C=O) groups is 2. The molecule has 6 heteroatoms. The van der Waals surface area contributed by atoms with Gasteiger partial charge in [-0.25, -0.2) is 4.68 Å². The van der Waals surface area contributed by atoms with Crippen molar-refractivity contribution in [3.05, 3.63) is 47.3 Å². The second-order valence-corrected chi connectivity index (χ2v) is 6.92. The lowest BCUT2D eigenvalue weighted by Crippen LogP contribution is -2.43. The Kier molecular flexibility index (Phi) is 5.40. The molecule has 1 aromatic carbocycles. The van der Waals surface area contributed by atoms with Gasteiger partial charge in [-0.1, -0.05) is 18.2 Å². The molecule has 1 fully saturated rings. The first-order valence-corrected chi connectivity index (χ1v) is 9.09. The molecule has 0 N–H and O–H groups in total. The molecule has 0 atom stereocenters. The Morgan fingerprint density at radius 2 is 1.92 bits per heavy atom. The van der Waals surface area contributed by atoms with E-state index in [1.165, 1.54) is 0 Å². The highest BCUT2D eigenvalue weighted by Gasteiger charge is 2.23. The number of amides is 2. The lowest BCUT2D eigenvalue weighted by atomic mass is 10.1. The highest BCUT2D eigenvalue weighted by Crippen LogP contribution is 2.19. The van der Waals surface area contributed by atoms with Crippen LogP contribution in [0.3, 0.4) is 0 Å². The Labute approximate surface area is 154 Å². The molecule has 2 amide bonds. The van der Waals surface area contributed by atoms with Gasteiger partial charge in [0.25, 0.3) is 0 Å². The van der Waals surface area contributed by atoms with Crippen LogP contribution in [0.4, 0.5) is 0 Å². The highest BCUT2D eigenvalue weighted by atomic mass is 16.2. The Morgan fingerprint density at radius 1 is 1.19 bits per heavy atom. The minimum Gasteiger partial charge on any atom is -0.340 e. The van der Waals surface area contributed by atoms with Gasteiger partial charge in [0, 0.05) is 37.8 Å². The molecule has 0 spiro atoms. The molecule has 0 radical (unpaired) electrons. The van der Waals surface area contributed by atoms with Crippen LogP contribution >= 0.6 is 0 Å². The maximum atomic E-state index is 12.6. The van der Waals surface area contributed by atoms with Gasteiger partial charge in [0.15, 0.2) is 0 Å². The van der Waals surface area contributed by atoms with Crippen molar-refractivity contribution < 1.29 is 9.59 Å². The molecular formula is C20H26N4O2. The Morgan fingerprint density at radius 3 is 2.62 bits per heavy atom. The number of piperidine rings is 1. The zero-order valence-electron chi connectivity index (χ0n) is 15.7. The van der Waals surface area contributed by atoms with Crippen LogP contribution in [0, 0.1) is 13.8 Å². The number of carbonyl (C=O) groups excluding carboxylic acids is 2. The lowest BCUT2D eigenvalue weighted by Gasteiger charge is -2.28. The predicted octanol–water partition coefficient (Wildman–Crippen LogP) is 2.46. The van der Waals surface area contributed by atoms with E-state index in [9.17, 15) is 9.59 Å². The minimum atomic E-state index is -0.0356. The molecule has 1 aliphatic heterocycles. The van der Waals surface area contributed by atoms with Gasteiger partial charge in [0.2, 0.25) is 11.8 Å². The summed E-state index contributed by atoms with van der Waals surface area (Å²) in [6, 6.07) is 9.97. The third kappa shape index (κ3) is 3.79. The monoisotopic (exact) mass is 354 g/mol. The maximum Gasteiger partial charge on any atom is 0.242 e. The summed E-state index contributed by atoms with van der Waals surface area (Å²) in [5.74, 6) is 0.0498. The van der Waals surface area contributed by atoms with Crippen LogP contribution in [0.5, 0.6) is 0 Å². The standard InChI is InChI=1S/C20H26N4O2/c1-15-18(16(2)24(21-15)17-9-5-4-6-10-17)13-22(3)20(26)14-23-12-8-7-11-19(23)25/h4-6,9-10H,7-8,11-14H2,1-3H3. The molecule has 0 saturated carbocycles. The van der Waals surface area contributed by atoms with Gasteiger partial charge in [0.1, 0.15) is 0 Å². The molecule has 2 heterocycles. The van der Waals surface area contributed by atoms with E-state index in [-0.39, 0.29) is 18.4 Å². The molecule has 138 valence electrons. The van der Waals surface area contributed by atoms with Gasteiger partial charge in [0.05, 0.1) is 17.9 Å². The van der Waals surface area contributed by atoms with Gasteiger partial charge in [-0.15, -0.1) is 0 Å². The van der Waals surface area contributed by atoms with Crippen LogP contribution in [-0.2, 0) is 16.1 Å². The van der Waals surface area contributed by atoms with Crippen molar-refractivity contribution in [1.82, 2.24) is 19.6 Å². The molecule has 1 aromatic heterocycles. The molecule has 6 nitrogen and oxygen atoms in total. The number of aromatic nitrogens is 2. The summed E-state index contributed by atoms with van der Waals surface area (Å²) in [6.07, 6.45) is 2.46. The van der Waals surface area contributed by atoms with Crippen molar-refractivity contribution >= 4 is 11.8 Å². The van der Waals surface area contributed by atoms with Crippen molar-refractivity contribution in [1.29, 1.82) is 0 Å². The van der Waals surface area contributed by atoms with Crippen LogP contribution in [0.1, 0.15) is 36.2 Å². The summed E-state index contributed by atoms with van der Waals surface area (Å²) in [5, 5.41) is 4.63. The first-order chi connectivity index (χ1) is 12.5. The quantitative estimate of drug-likeness (QED) is 0.829. The minimum absolute atomic E-state index is 0.0356. The van der Waals surface area contributed by atoms with Gasteiger partial charge in [-0.3, -0.25) is 9.59 Å². The van der Waals surface area contributed by atoms with Gasteiger partial charge < -0.3 is 9.80 Å². The molecule has 3 rings (SSSR count). The average molecular weight is 354 g/mol. The van der Waals surface area contributed by atoms with Gasteiger partial charge in [-0.05, 0) is 38.8 Å². The van der Waals surface area contributed by atoms with Crippen LogP contribution in [0.15, 0.2) is 30.3 Å². The van der Waals surface area contributed by atoms with Crippen molar-refractivity contribution in [2.75, 3.05) is 20.1 Å². The van der Waals surface area contributed by atoms with Crippen molar-refractivity contribution in [2.45, 2.75) is 39.7 Å². The zero-order valence-corrected chi connectivity index (χ0v) is 15.7. The molecular weight excluding hydrogens is 328 g/mol. The fourth-order valence-electron chi connectivity index (χ4n) is 3.36. The predicted molar refractivity (Wildman–Crippen MR) is 99.9 cm³/mol. The number of para-hydroxylation sites is 1. The van der Waals surface area contributed by atoms with Crippen LogP contribution in [0.25, 0.3) is 5.69 Å². The van der Waals surface area contributed by atoms with Crippen molar-refractivity contribution in [3.63, 3.8) is 0 Å². The van der Waals surface area contributed by atoms with E-state index in [0.717, 1.165) is 35.5 Å². The number of rotatable bonds is 5. The molecule has 1 aliphatic rings. The second-order valence-electron chi connectivity index (χ2n) is 6.92. The van der Waals surface area contributed by atoms with E-state index in [1.54, 1.807) is 16.8 Å². The third-order valence-electron chi connectivity index (χ3n) is 5.01. The molecule has 0 aliphatic carbocycles. The SMILES string of the molecule is Cc1nn(-c2ccccc2)c(C)c1CN(C)C(=O)CN1CCCCC1=O. The molecule has 26 heavy (non-hydrogen) atoms. The average Bonchev–Trinajstić information content (AvgIpc) is 2.92. The number of hydrogen-bond donors (Lipinski definition) is 0. The second kappa shape index (κ2) is 7.72. The largest absolute Gasteiger partial charge is 0.340 e. The Balaban J connectivity index is 1.71. The number of benzene rings is 1. The Bertz CT molecular complexity index is 798. The van der Waals surface area contributed by atoms with E-state index >= 15 is 0 Å². The molecule has 0 unspecified atom stereocenters. The summed E-state index contributed by atoms with van der Waals surface area (Å²) >= 11 is 0. The number of likely N-dealkylation sites (N-methyl/N-ethyl adjacent to an activating group) is 1. The smallest absolute Gasteiger partial charge is 0.242 e. The third-order valence-corrected chi connectivity index (χ3v) is 5.01. The topological polar surface area (TPSA) is 58.4 Å². The number of nitrogens with zero attached hydrogens (tertiary/aromatic N) is 4. The summed E-state index contributed by atoms with van der Waals surface area (Å²) in [6.45, 7) is 5.33. The van der Waals surface area contributed by atoms with E-state index in [0.29, 0.717) is 19.5 Å². The highest BCUT2D eigenvalue weighted by molar-refractivity contribution is 5.85. The van der Waals surface area contributed by atoms with Crippen LogP contribution < -0.4 is 0 Å². The lowest BCUT2D eigenvalue weighted by molar-refractivity contribution is -0.141. The Hall–Kier alpha value is -2.63. The summed E-state index contributed by atoms with van der Waals surface area (Å²) in [4.78, 5) is 27.9. The van der Waals surface area contributed by atoms with E-state index in [1.807, 2.05) is 48.9 Å². The van der Waals surface area contributed by atoms with Gasteiger partial charge >= 0.3 is 0 Å². The first kappa shape index (κ1) is 18.2. The summed E-state index contributed by atoms with van der Waals surface area (Å²) in [5.41, 5.74) is 4.00. The first-order valence-electron chi connectivity index (χ1n) is 9.09. The van der Waals surface area contributed by atoms with E-state index in [4.69, 9.17) is 0 Å². The van der Waals surface area contributed by atoms with E-state index in [2.05, 4.69) is 5.10 Å². The van der Waals surface area contributed by atoms with Crippen molar-refractivity contribution in [3.8, 4) is 5.69 Å². The molecule has 0 bridgehead atoms. The zero-order chi connectivity index (χ0) is 18.7. The fourth-order valence-corrected chi connectivity index (χ4v) is 3.36. The summed E-state index contributed by atoms with van der Waals surface area (Å²) in [7, 11) is 1.79. The normalized spacial score (nSPS) is 14.6. The van der Waals surface area contributed by atoms with Gasteiger partial charge in [-0.2, -0.15) is 5.10 Å². The fraction of sp³-hybridized carbons (Fsp3) is 0.450. The van der Waals surface area contributed by atoms with Crippen LogP contribution in [0.2, 0.25) is 0 Å². The number of aryl methyl sites for hydroxylation is 1. The number of hydrogen-bond acceptors (Lipinski definition) is 3. The molecule has 1 saturated heterocycles. The van der Waals surface area contributed by atoms with Crippen LogP contribution in [-0.4, -0.2) is 51.5 Å². The number of likely N-dealkylation sites (tertiary alicyclic amines) is 1. The molecule has 2 aromatic rings.